The van der Waals surface area contributed by atoms with Crippen molar-refractivity contribution in [3.63, 3.8) is 0 Å². The van der Waals surface area contributed by atoms with Gasteiger partial charge in [-0.3, -0.25) is 4.79 Å². The van der Waals surface area contributed by atoms with Crippen LogP contribution < -0.4 is 5.32 Å². The predicted molar refractivity (Wildman–Crippen MR) is 69.8 cm³/mol. The lowest BCUT2D eigenvalue weighted by Gasteiger charge is -2.47. The summed E-state index contributed by atoms with van der Waals surface area (Å²) in [6.45, 7) is 6.99. The fourth-order valence-corrected chi connectivity index (χ4v) is 3.40. The van der Waals surface area contributed by atoms with Gasteiger partial charge in [-0.15, -0.1) is 0 Å². The molecule has 0 aromatic heterocycles. The summed E-state index contributed by atoms with van der Waals surface area (Å²) in [5.74, 6) is 1.80. The molecule has 100 valence electrons. The first-order chi connectivity index (χ1) is 8.49. The van der Waals surface area contributed by atoms with E-state index in [2.05, 4.69) is 32.2 Å². The third-order valence-electron chi connectivity index (χ3n) is 5.27. The second-order valence-electron chi connectivity index (χ2n) is 6.73. The molecule has 1 saturated carbocycles. The second-order valence-corrected chi connectivity index (χ2v) is 6.73. The van der Waals surface area contributed by atoms with Gasteiger partial charge >= 0.3 is 0 Å². The average Bonchev–Trinajstić information content (AvgIpc) is 2.26. The molecule has 0 aromatic rings. The van der Waals surface area contributed by atoms with Crippen LogP contribution in [-0.4, -0.2) is 18.1 Å². The summed E-state index contributed by atoms with van der Waals surface area (Å²) in [5, 5.41) is 2.85. The minimum atomic E-state index is 0.0391. The fraction of sp³-hybridized carbons (Fsp3) is 0.800. The molecule has 1 amide bonds. The molecular formula is C15H23NO2. The highest BCUT2D eigenvalue weighted by molar-refractivity contribution is 5.91. The Morgan fingerprint density at radius 2 is 2.28 bits per heavy atom. The number of fused-ring (bicyclic) bond motifs is 1. The Hall–Kier alpha value is -0.990. The van der Waals surface area contributed by atoms with Gasteiger partial charge in [-0.05, 0) is 43.1 Å². The van der Waals surface area contributed by atoms with Crippen LogP contribution in [0.4, 0.5) is 0 Å². The number of nitrogens with one attached hydrogen (secondary N) is 1. The molecule has 4 atom stereocenters. The predicted octanol–water partition coefficient (Wildman–Crippen LogP) is 2.62. The van der Waals surface area contributed by atoms with Crippen LogP contribution in [0.1, 0.15) is 46.5 Å². The number of carbonyl (C=O) groups is 1. The molecule has 1 aliphatic heterocycles. The molecule has 2 aliphatic carbocycles. The minimum absolute atomic E-state index is 0.0391. The lowest BCUT2D eigenvalue weighted by atomic mass is 9.67. The Morgan fingerprint density at radius 3 is 2.89 bits per heavy atom. The number of amides is 1. The Bertz CT molecular complexity index is 401. The molecule has 1 saturated heterocycles. The Kier molecular flexibility index (Phi) is 2.68. The topological polar surface area (TPSA) is 38.3 Å². The van der Waals surface area contributed by atoms with Crippen LogP contribution in [0.2, 0.25) is 0 Å². The molecule has 3 aliphatic rings. The van der Waals surface area contributed by atoms with E-state index >= 15 is 0 Å². The van der Waals surface area contributed by atoms with E-state index in [4.69, 9.17) is 4.74 Å². The van der Waals surface area contributed by atoms with Gasteiger partial charge in [-0.2, -0.15) is 0 Å². The average molecular weight is 249 g/mol. The highest BCUT2D eigenvalue weighted by atomic mass is 16.5. The van der Waals surface area contributed by atoms with Crippen LogP contribution >= 0.6 is 0 Å². The second kappa shape index (κ2) is 4.01. The van der Waals surface area contributed by atoms with Crippen molar-refractivity contribution in [1.29, 1.82) is 0 Å². The van der Waals surface area contributed by atoms with Gasteiger partial charge in [0, 0.05) is 0 Å². The van der Waals surface area contributed by atoms with Crippen molar-refractivity contribution in [2.24, 2.45) is 17.3 Å². The third-order valence-corrected chi connectivity index (χ3v) is 5.27. The first kappa shape index (κ1) is 12.1. The molecule has 0 spiro atoms. The fourth-order valence-electron chi connectivity index (χ4n) is 3.40. The summed E-state index contributed by atoms with van der Waals surface area (Å²) >= 11 is 0. The molecule has 1 N–H and O–H groups in total. The van der Waals surface area contributed by atoms with Crippen molar-refractivity contribution in [1.82, 2.24) is 5.32 Å². The van der Waals surface area contributed by atoms with Gasteiger partial charge in [0.05, 0.1) is 12.1 Å². The van der Waals surface area contributed by atoms with Gasteiger partial charge in [0.1, 0.15) is 11.7 Å². The van der Waals surface area contributed by atoms with E-state index in [0.29, 0.717) is 17.4 Å². The van der Waals surface area contributed by atoms with Crippen molar-refractivity contribution in [3.05, 3.63) is 11.8 Å². The first-order valence-electron chi connectivity index (χ1n) is 7.18. The van der Waals surface area contributed by atoms with Crippen molar-refractivity contribution >= 4 is 5.91 Å². The molecule has 2 unspecified atom stereocenters. The molecule has 0 aromatic carbocycles. The lowest BCUT2D eigenvalue weighted by molar-refractivity contribution is -0.137. The Labute approximate surface area is 109 Å². The van der Waals surface area contributed by atoms with Crippen molar-refractivity contribution in [2.45, 2.75) is 58.6 Å². The van der Waals surface area contributed by atoms with E-state index in [1.165, 1.54) is 12.8 Å². The highest BCUT2D eigenvalue weighted by Gasteiger charge is 2.50. The van der Waals surface area contributed by atoms with E-state index in [9.17, 15) is 4.79 Å². The van der Waals surface area contributed by atoms with Gasteiger partial charge < -0.3 is 10.1 Å². The number of hydrogen-bond donors (Lipinski definition) is 1. The molecule has 1 heterocycles. The largest absolute Gasteiger partial charge is 0.494 e. The van der Waals surface area contributed by atoms with Crippen LogP contribution in [0, 0.1) is 17.3 Å². The van der Waals surface area contributed by atoms with E-state index < -0.39 is 0 Å². The first-order valence-corrected chi connectivity index (χ1v) is 7.18. The smallest absolute Gasteiger partial charge is 0.233 e. The maximum atomic E-state index is 11.3. The summed E-state index contributed by atoms with van der Waals surface area (Å²) < 4.78 is 6.08. The van der Waals surface area contributed by atoms with E-state index in [1.807, 2.05) is 0 Å². The SMILES string of the molecule is CC(C)C1(C)CCCC(OC2=C[C@@H]3NC(=O)[C@@H]23)C1. The van der Waals surface area contributed by atoms with Gasteiger partial charge in [-0.25, -0.2) is 0 Å². The zero-order chi connectivity index (χ0) is 12.9. The van der Waals surface area contributed by atoms with E-state index in [1.54, 1.807) is 0 Å². The number of ether oxygens (including phenoxy) is 1. The van der Waals surface area contributed by atoms with Crippen molar-refractivity contribution in [3.8, 4) is 0 Å². The van der Waals surface area contributed by atoms with Crippen LogP contribution in [0.3, 0.4) is 0 Å². The van der Waals surface area contributed by atoms with Gasteiger partial charge in [0.15, 0.2) is 0 Å². The lowest BCUT2D eigenvalue weighted by Crippen LogP contribution is -2.63. The molecule has 18 heavy (non-hydrogen) atoms. The van der Waals surface area contributed by atoms with Crippen molar-refractivity contribution in [2.75, 3.05) is 0 Å². The van der Waals surface area contributed by atoms with Gasteiger partial charge in [0.2, 0.25) is 5.91 Å². The summed E-state index contributed by atoms with van der Waals surface area (Å²) in [7, 11) is 0. The van der Waals surface area contributed by atoms with Crippen LogP contribution in [-0.2, 0) is 9.53 Å². The minimum Gasteiger partial charge on any atom is -0.494 e. The van der Waals surface area contributed by atoms with E-state index in [-0.39, 0.29) is 17.9 Å². The monoisotopic (exact) mass is 249 g/mol. The zero-order valence-electron chi connectivity index (χ0n) is 11.5. The molecule has 3 heteroatoms. The van der Waals surface area contributed by atoms with Gasteiger partial charge in [-0.1, -0.05) is 20.8 Å². The van der Waals surface area contributed by atoms with Crippen LogP contribution in [0.25, 0.3) is 0 Å². The molecule has 3 rings (SSSR count). The normalized spacial score (nSPS) is 42.3. The standard InChI is InChI=1S/C15H23NO2/c1-9(2)15(3)6-4-5-10(8-15)18-12-7-11-13(12)14(17)16-11/h7,9-11,13H,4-6,8H2,1-3H3,(H,16,17)/t10?,11-,13+,15?/m0/s1. The summed E-state index contributed by atoms with van der Waals surface area (Å²) in [5.41, 5.74) is 0.397. The zero-order valence-corrected chi connectivity index (χ0v) is 11.5. The Balaban J connectivity index is 1.61. The number of carbonyl (C=O) groups excluding carboxylic acids is 1. The number of rotatable bonds is 3. The van der Waals surface area contributed by atoms with Crippen molar-refractivity contribution < 1.29 is 9.53 Å². The van der Waals surface area contributed by atoms with E-state index in [0.717, 1.165) is 18.6 Å². The molecule has 0 bridgehead atoms. The number of hydrogen-bond acceptors (Lipinski definition) is 2. The summed E-state index contributed by atoms with van der Waals surface area (Å²) in [6.07, 6.45) is 7.18. The highest BCUT2D eigenvalue weighted by Crippen LogP contribution is 2.45. The maximum Gasteiger partial charge on any atom is 0.233 e. The maximum absolute atomic E-state index is 11.3. The van der Waals surface area contributed by atoms with Gasteiger partial charge in [0.25, 0.3) is 0 Å². The summed E-state index contributed by atoms with van der Waals surface area (Å²) in [4.78, 5) is 11.3. The van der Waals surface area contributed by atoms with Crippen LogP contribution in [0.15, 0.2) is 11.8 Å². The molecular weight excluding hydrogens is 226 g/mol. The molecule has 2 fully saturated rings. The molecule has 0 radical (unpaired) electrons. The van der Waals surface area contributed by atoms with Crippen LogP contribution in [0.5, 0.6) is 0 Å². The third kappa shape index (κ3) is 1.75. The Morgan fingerprint density at radius 1 is 1.50 bits per heavy atom. The summed E-state index contributed by atoms with van der Waals surface area (Å²) in [6, 6.07) is 0.271. The molecule has 3 nitrogen and oxygen atoms in total. The quantitative estimate of drug-likeness (QED) is 0.781. The number of β-lactam (4-membered cyclic amide) rings is 1.